The summed E-state index contributed by atoms with van der Waals surface area (Å²) in [6.07, 6.45) is 3.76. The van der Waals surface area contributed by atoms with E-state index in [0.29, 0.717) is 36.4 Å². The number of carbonyl (C=O) groups excluding carboxylic acids is 1. The van der Waals surface area contributed by atoms with E-state index in [2.05, 4.69) is 57.8 Å². The van der Waals surface area contributed by atoms with E-state index >= 15 is 0 Å². The number of hydrogen-bond donors (Lipinski definition) is 0. The molecule has 8 nitrogen and oxygen atoms in total. The first-order valence-corrected chi connectivity index (χ1v) is 12.3. The highest BCUT2D eigenvalue weighted by Crippen LogP contribution is 2.25. The zero-order valence-corrected chi connectivity index (χ0v) is 19.8. The van der Waals surface area contributed by atoms with Crippen LogP contribution < -0.4 is 0 Å². The lowest BCUT2D eigenvalue weighted by atomic mass is 10.0. The fourth-order valence-electron chi connectivity index (χ4n) is 3.81. The van der Waals surface area contributed by atoms with E-state index in [4.69, 9.17) is 4.52 Å². The average molecular weight is 455 g/mol. The fourth-order valence-corrected chi connectivity index (χ4v) is 4.67. The monoisotopic (exact) mass is 454 g/mol. The molecule has 1 aliphatic heterocycles. The number of carbonyl (C=O) groups is 1. The highest BCUT2D eigenvalue weighted by molar-refractivity contribution is 7.98. The summed E-state index contributed by atoms with van der Waals surface area (Å²) >= 11 is 1.52. The van der Waals surface area contributed by atoms with Crippen molar-refractivity contribution in [2.75, 3.05) is 6.54 Å². The molecule has 1 amide bonds. The van der Waals surface area contributed by atoms with Crippen LogP contribution in [-0.2, 0) is 23.6 Å². The molecule has 1 saturated heterocycles. The topological polar surface area (TPSA) is 89.9 Å². The molecule has 0 N–H and O–H groups in total. The summed E-state index contributed by atoms with van der Waals surface area (Å²) < 4.78 is 7.52. The molecular formula is C23H30N6O2S. The van der Waals surface area contributed by atoms with Crippen LogP contribution in [0.2, 0.25) is 0 Å². The van der Waals surface area contributed by atoms with Crippen LogP contribution in [0.25, 0.3) is 11.4 Å². The predicted molar refractivity (Wildman–Crippen MR) is 123 cm³/mol. The van der Waals surface area contributed by atoms with Gasteiger partial charge in [0.25, 0.3) is 0 Å². The predicted octanol–water partition coefficient (Wildman–Crippen LogP) is 4.67. The van der Waals surface area contributed by atoms with Gasteiger partial charge in [0, 0.05) is 25.1 Å². The number of amides is 1. The molecule has 3 heterocycles. The SMILES string of the molecule is CCn1c(CN2CCCCCC2=O)nnc1SCc1nc(-c2ccc(C(C)C)cc2)no1. The van der Waals surface area contributed by atoms with Gasteiger partial charge in [-0.25, -0.2) is 0 Å². The first-order valence-electron chi connectivity index (χ1n) is 11.3. The van der Waals surface area contributed by atoms with Crippen LogP contribution in [0.1, 0.15) is 69.7 Å². The van der Waals surface area contributed by atoms with Crippen LogP contribution in [0, 0.1) is 0 Å². The maximum absolute atomic E-state index is 12.3. The van der Waals surface area contributed by atoms with Crippen molar-refractivity contribution in [3.63, 3.8) is 0 Å². The van der Waals surface area contributed by atoms with Crippen LogP contribution in [0.4, 0.5) is 0 Å². The summed E-state index contributed by atoms with van der Waals surface area (Å²) in [7, 11) is 0. The van der Waals surface area contributed by atoms with Crippen LogP contribution >= 0.6 is 11.8 Å². The van der Waals surface area contributed by atoms with Crippen molar-refractivity contribution in [3.05, 3.63) is 41.5 Å². The zero-order valence-electron chi connectivity index (χ0n) is 19.0. The minimum absolute atomic E-state index is 0.210. The van der Waals surface area contributed by atoms with Gasteiger partial charge in [0.1, 0.15) is 0 Å². The maximum atomic E-state index is 12.3. The molecule has 0 unspecified atom stereocenters. The van der Waals surface area contributed by atoms with Crippen molar-refractivity contribution in [3.8, 4) is 11.4 Å². The van der Waals surface area contributed by atoms with Gasteiger partial charge >= 0.3 is 0 Å². The van der Waals surface area contributed by atoms with E-state index < -0.39 is 0 Å². The lowest BCUT2D eigenvalue weighted by Crippen LogP contribution is -2.31. The number of nitrogens with zero attached hydrogens (tertiary/aromatic N) is 6. The molecular weight excluding hydrogens is 424 g/mol. The molecule has 0 aliphatic carbocycles. The Hall–Kier alpha value is -2.68. The number of aromatic nitrogens is 5. The normalized spacial score (nSPS) is 14.9. The summed E-state index contributed by atoms with van der Waals surface area (Å²) in [6, 6.07) is 8.26. The number of benzene rings is 1. The Bertz CT molecular complexity index is 1040. The molecule has 1 aromatic carbocycles. The van der Waals surface area contributed by atoms with Gasteiger partial charge in [-0.05, 0) is 31.2 Å². The molecule has 3 aromatic rings. The Kier molecular flexibility index (Phi) is 7.24. The fraction of sp³-hybridized carbons (Fsp3) is 0.522. The average Bonchev–Trinajstić information content (AvgIpc) is 3.37. The number of rotatable bonds is 8. The van der Waals surface area contributed by atoms with Gasteiger partial charge in [-0.15, -0.1) is 10.2 Å². The first kappa shape index (κ1) is 22.5. The van der Waals surface area contributed by atoms with Crippen molar-refractivity contribution in [2.24, 2.45) is 0 Å². The molecule has 0 spiro atoms. The standard InChI is InChI=1S/C23H30N6O2S/c1-4-29-19(14-28-13-7-5-6-8-21(28)30)25-26-23(29)32-15-20-24-22(27-31-20)18-11-9-17(10-12-18)16(2)3/h9-12,16H,4-8,13-15H2,1-3H3. The smallest absolute Gasteiger partial charge is 0.237 e. The largest absolute Gasteiger partial charge is 0.338 e. The highest BCUT2D eigenvalue weighted by Gasteiger charge is 2.21. The quantitative estimate of drug-likeness (QED) is 0.457. The van der Waals surface area contributed by atoms with Crippen LogP contribution in [0.3, 0.4) is 0 Å². The number of thioether (sulfide) groups is 1. The summed E-state index contributed by atoms with van der Waals surface area (Å²) in [4.78, 5) is 18.8. The molecule has 0 bridgehead atoms. The van der Waals surface area contributed by atoms with E-state index in [1.165, 1.54) is 17.3 Å². The lowest BCUT2D eigenvalue weighted by Gasteiger charge is -2.20. The van der Waals surface area contributed by atoms with Gasteiger partial charge in [0.15, 0.2) is 11.0 Å². The summed E-state index contributed by atoms with van der Waals surface area (Å²) in [5.74, 6) is 3.17. The third kappa shape index (κ3) is 5.20. The molecule has 1 aliphatic rings. The number of likely N-dealkylation sites (tertiary alicyclic amines) is 1. The Balaban J connectivity index is 1.40. The minimum atomic E-state index is 0.210. The Morgan fingerprint density at radius 3 is 2.69 bits per heavy atom. The van der Waals surface area contributed by atoms with E-state index in [1.54, 1.807) is 0 Å². The summed E-state index contributed by atoms with van der Waals surface area (Å²) in [5.41, 5.74) is 2.22. The highest BCUT2D eigenvalue weighted by atomic mass is 32.2. The molecule has 9 heteroatoms. The van der Waals surface area contributed by atoms with Gasteiger partial charge in [-0.2, -0.15) is 4.98 Å². The first-order chi connectivity index (χ1) is 15.5. The molecule has 2 aromatic heterocycles. The Labute approximate surface area is 192 Å². The summed E-state index contributed by atoms with van der Waals surface area (Å²) in [5, 5.41) is 13.6. The van der Waals surface area contributed by atoms with E-state index in [0.717, 1.165) is 48.9 Å². The summed E-state index contributed by atoms with van der Waals surface area (Å²) in [6.45, 7) is 8.45. The van der Waals surface area contributed by atoms with Gasteiger partial charge in [0.2, 0.25) is 17.6 Å². The number of hydrogen-bond acceptors (Lipinski definition) is 7. The van der Waals surface area contributed by atoms with E-state index in [-0.39, 0.29) is 5.91 Å². The Morgan fingerprint density at radius 2 is 1.94 bits per heavy atom. The molecule has 0 atom stereocenters. The second-order valence-electron chi connectivity index (χ2n) is 8.35. The second kappa shape index (κ2) is 10.3. The van der Waals surface area contributed by atoms with Crippen LogP contribution in [0.15, 0.2) is 33.9 Å². The van der Waals surface area contributed by atoms with Gasteiger partial charge in [0.05, 0.1) is 12.3 Å². The minimum Gasteiger partial charge on any atom is -0.338 e. The second-order valence-corrected chi connectivity index (χ2v) is 9.29. The van der Waals surface area contributed by atoms with Gasteiger partial charge < -0.3 is 14.0 Å². The van der Waals surface area contributed by atoms with Gasteiger partial charge in [-0.3, -0.25) is 4.79 Å². The van der Waals surface area contributed by atoms with Crippen molar-refractivity contribution < 1.29 is 9.32 Å². The van der Waals surface area contributed by atoms with Crippen LogP contribution in [-0.4, -0.2) is 42.3 Å². The molecule has 4 rings (SSSR count). The van der Waals surface area contributed by atoms with E-state index in [9.17, 15) is 4.79 Å². The third-order valence-corrected chi connectivity index (χ3v) is 6.69. The molecule has 32 heavy (non-hydrogen) atoms. The molecule has 0 saturated carbocycles. The molecule has 1 fully saturated rings. The third-order valence-electron chi connectivity index (χ3n) is 5.74. The lowest BCUT2D eigenvalue weighted by molar-refractivity contribution is -0.131. The van der Waals surface area contributed by atoms with E-state index in [1.807, 2.05) is 17.0 Å². The maximum Gasteiger partial charge on any atom is 0.237 e. The molecule has 0 radical (unpaired) electrons. The Morgan fingerprint density at radius 1 is 1.12 bits per heavy atom. The van der Waals surface area contributed by atoms with Gasteiger partial charge in [-0.1, -0.05) is 61.5 Å². The van der Waals surface area contributed by atoms with Crippen molar-refractivity contribution in [1.82, 2.24) is 29.8 Å². The van der Waals surface area contributed by atoms with Crippen molar-refractivity contribution in [2.45, 2.75) is 76.4 Å². The molecule has 170 valence electrons. The van der Waals surface area contributed by atoms with Crippen molar-refractivity contribution in [1.29, 1.82) is 0 Å². The van der Waals surface area contributed by atoms with Crippen molar-refractivity contribution >= 4 is 17.7 Å². The van der Waals surface area contributed by atoms with Crippen LogP contribution in [0.5, 0.6) is 0 Å². The zero-order chi connectivity index (χ0) is 22.5.